The van der Waals surface area contributed by atoms with Gasteiger partial charge < -0.3 is 10.5 Å². The number of ether oxygens (including phenoxy) is 1. The van der Waals surface area contributed by atoms with Gasteiger partial charge in [0.2, 0.25) is 5.88 Å². The normalized spacial score (nSPS) is 11.4. The van der Waals surface area contributed by atoms with Gasteiger partial charge in [-0.3, -0.25) is 0 Å². The lowest BCUT2D eigenvalue weighted by molar-refractivity contribution is -0.141. The lowest BCUT2D eigenvalue weighted by atomic mass is 10.3. The Hall–Kier alpha value is -2.38. The van der Waals surface area contributed by atoms with E-state index in [4.69, 9.17) is 10.5 Å². The van der Waals surface area contributed by atoms with Crippen LogP contribution in [0, 0.1) is 11.6 Å². The number of pyridine rings is 1. The second kappa shape index (κ2) is 4.95. The quantitative estimate of drug-likeness (QED) is 0.857. The van der Waals surface area contributed by atoms with Crippen molar-refractivity contribution in [3.63, 3.8) is 0 Å². The summed E-state index contributed by atoms with van der Waals surface area (Å²) in [5, 5.41) is 0. The smallest absolute Gasteiger partial charge is 0.433 e. The topological polar surface area (TPSA) is 48.1 Å². The SMILES string of the molecule is Nc1ccc(C(F)(F)F)nc1Oc1ccc(F)cc1F. The van der Waals surface area contributed by atoms with E-state index in [0.29, 0.717) is 12.1 Å². The first-order valence-electron chi connectivity index (χ1n) is 5.24. The minimum atomic E-state index is -4.69. The second-order valence-electron chi connectivity index (χ2n) is 3.77. The zero-order chi connectivity index (χ0) is 14.9. The molecule has 0 saturated carbocycles. The van der Waals surface area contributed by atoms with E-state index in [0.717, 1.165) is 18.2 Å². The van der Waals surface area contributed by atoms with Crippen LogP contribution in [-0.4, -0.2) is 4.98 Å². The molecule has 0 spiro atoms. The van der Waals surface area contributed by atoms with E-state index >= 15 is 0 Å². The minimum absolute atomic E-state index is 0.207. The summed E-state index contributed by atoms with van der Waals surface area (Å²) in [6, 6.07) is 3.95. The molecule has 0 atom stereocenters. The number of alkyl halides is 3. The largest absolute Gasteiger partial charge is 0.434 e. The van der Waals surface area contributed by atoms with Crippen LogP contribution in [0.15, 0.2) is 30.3 Å². The average molecular weight is 290 g/mol. The van der Waals surface area contributed by atoms with Crippen molar-refractivity contribution < 1.29 is 26.7 Å². The molecule has 8 heteroatoms. The Morgan fingerprint density at radius 3 is 2.35 bits per heavy atom. The number of aromatic nitrogens is 1. The van der Waals surface area contributed by atoms with E-state index in [-0.39, 0.29) is 5.69 Å². The lowest BCUT2D eigenvalue weighted by Crippen LogP contribution is -2.09. The number of nitrogens with two attached hydrogens (primary N) is 1. The van der Waals surface area contributed by atoms with Gasteiger partial charge in [0.05, 0.1) is 5.69 Å². The van der Waals surface area contributed by atoms with Crippen LogP contribution in [0.1, 0.15) is 5.69 Å². The van der Waals surface area contributed by atoms with Crippen LogP contribution in [0.4, 0.5) is 27.6 Å². The van der Waals surface area contributed by atoms with Crippen molar-refractivity contribution in [1.29, 1.82) is 0 Å². The molecule has 0 radical (unpaired) electrons. The van der Waals surface area contributed by atoms with Crippen LogP contribution in [0.2, 0.25) is 0 Å². The maximum Gasteiger partial charge on any atom is 0.433 e. The summed E-state index contributed by atoms with van der Waals surface area (Å²) in [7, 11) is 0. The molecule has 0 unspecified atom stereocenters. The third-order valence-corrected chi connectivity index (χ3v) is 2.28. The fourth-order valence-corrected chi connectivity index (χ4v) is 1.35. The first-order chi connectivity index (χ1) is 9.27. The van der Waals surface area contributed by atoms with Crippen LogP contribution >= 0.6 is 0 Å². The van der Waals surface area contributed by atoms with E-state index in [1.807, 2.05) is 0 Å². The van der Waals surface area contributed by atoms with Gasteiger partial charge in [0.15, 0.2) is 11.6 Å². The van der Waals surface area contributed by atoms with Gasteiger partial charge in [-0.1, -0.05) is 0 Å². The summed E-state index contributed by atoms with van der Waals surface area (Å²) in [6.07, 6.45) is -4.69. The van der Waals surface area contributed by atoms with Crippen molar-refractivity contribution >= 4 is 5.69 Å². The maximum atomic E-state index is 13.3. The van der Waals surface area contributed by atoms with Crippen molar-refractivity contribution in [1.82, 2.24) is 4.98 Å². The number of anilines is 1. The van der Waals surface area contributed by atoms with E-state index in [9.17, 15) is 22.0 Å². The monoisotopic (exact) mass is 290 g/mol. The lowest BCUT2D eigenvalue weighted by Gasteiger charge is -2.11. The van der Waals surface area contributed by atoms with Crippen molar-refractivity contribution in [3.05, 3.63) is 47.7 Å². The summed E-state index contributed by atoms with van der Waals surface area (Å²) in [5.74, 6) is -3.02. The van der Waals surface area contributed by atoms with E-state index < -0.39 is 35.1 Å². The molecule has 20 heavy (non-hydrogen) atoms. The molecule has 0 aliphatic heterocycles. The highest BCUT2D eigenvalue weighted by atomic mass is 19.4. The predicted octanol–water partition coefficient (Wildman–Crippen LogP) is 3.75. The molecule has 106 valence electrons. The van der Waals surface area contributed by atoms with Crippen LogP contribution < -0.4 is 10.5 Å². The molecule has 1 aromatic carbocycles. The second-order valence-corrected chi connectivity index (χ2v) is 3.77. The highest BCUT2D eigenvalue weighted by Crippen LogP contribution is 2.33. The van der Waals surface area contributed by atoms with Crippen molar-refractivity contribution in [2.45, 2.75) is 6.18 Å². The Morgan fingerprint density at radius 2 is 1.75 bits per heavy atom. The molecule has 2 N–H and O–H groups in total. The molecular weight excluding hydrogens is 283 g/mol. The summed E-state index contributed by atoms with van der Waals surface area (Å²) in [6.45, 7) is 0. The molecule has 2 rings (SSSR count). The zero-order valence-corrected chi connectivity index (χ0v) is 9.71. The summed E-state index contributed by atoms with van der Waals surface area (Å²) >= 11 is 0. The van der Waals surface area contributed by atoms with E-state index in [1.165, 1.54) is 0 Å². The summed E-state index contributed by atoms with van der Waals surface area (Å²) < 4.78 is 68.4. The van der Waals surface area contributed by atoms with Crippen LogP contribution in [-0.2, 0) is 6.18 Å². The number of hydrogen-bond donors (Lipinski definition) is 1. The first-order valence-corrected chi connectivity index (χ1v) is 5.24. The molecule has 0 fully saturated rings. The summed E-state index contributed by atoms with van der Waals surface area (Å²) in [5.41, 5.74) is 3.97. The Kier molecular flexibility index (Phi) is 3.47. The molecule has 1 heterocycles. The van der Waals surface area contributed by atoms with Crippen LogP contribution in [0.5, 0.6) is 11.6 Å². The number of halogens is 5. The Bertz CT molecular complexity index is 642. The third kappa shape index (κ3) is 2.95. The van der Waals surface area contributed by atoms with Gasteiger partial charge in [0.1, 0.15) is 11.5 Å². The minimum Gasteiger partial charge on any atom is -0.434 e. The Morgan fingerprint density at radius 1 is 1.05 bits per heavy atom. The molecule has 1 aromatic heterocycles. The first kappa shape index (κ1) is 14.0. The average Bonchev–Trinajstić information content (AvgIpc) is 2.33. The van der Waals surface area contributed by atoms with Gasteiger partial charge in [0.25, 0.3) is 0 Å². The Balaban J connectivity index is 2.38. The van der Waals surface area contributed by atoms with Gasteiger partial charge in [-0.15, -0.1) is 0 Å². The molecule has 2 aromatic rings. The zero-order valence-electron chi connectivity index (χ0n) is 9.71. The molecule has 0 aliphatic rings. The van der Waals surface area contributed by atoms with E-state index in [2.05, 4.69) is 4.98 Å². The molecule has 0 aliphatic carbocycles. The highest BCUT2D eigenvalue weighted by molar-refractivity contribution is 5.50. The maximum absolute atomic E-state index is 13.3. The molecular formula is C12H7F5N2O. The number of rotatable bonds is 2. The van der Waals surface area contributed by atoms with Crippen molar-refractivity contribution in [2.75, 3.05) is 5.73 Å². The molecule has 3 nitrogen and oxygen atoms in total. The Labute approximate surface area is 109 Å². The van der Waals surface area contributed by atoms with Gasteiger partial charge in [0, 0.05) is 6.07 Å². The van der Waals surface area contributed by atoms with Gasteiger partial charge in [-0.2, -0.15) is 13.2 Å². The number of nitrogen functional groups attached to an aromatic ring is 1. The third-order valence-electron chi connectivity index (χ3n) is 2.28. The predicted molar refractivity (Wildman–Crippen MR) is 60.1 cm³/mol. The summed E-state index contributed by atoms with van der Waals surface area (Å²) in [4.78, 5) is 3.17. The fraction of sp³-hybridized carbons (Fsp3) is 0.0833. The number of hydrogen-bond acceptors (Lipinski definition) is 3. The van der Waals surface area contributed by atoms with Crippen molar-refractivity contribution in [2.24, 2.45) is 0 Å². The molecule has 0 bridgehead atoms. The highest BCUT2D eigenvalue weighted by Gasteiger charge is 2.33. The number of nitrogens with zero attached hydrogens (tertiary/aromatic N) is 1. The number of benzene rings is 1. The standard InChI is InChI=1S/C12H7F5N2O/c13-6-1-3-9(7(14)5-6)20-11-8(18)2-4-10(19-11)12(15,16)17/h1-5H,18H2. The molecule has 0 amide bonds. The van der Waals surface area contributed by atoms with Crippen molar-refractivity contribution in [3.8, 4) is 11.6 Å². The van der Waals surface area contributed by atoms with Gasteiger partial charge >= 0.3 is 6.18 Å². The van der Waals surface area contributed by atoms with Crippen LogP contribution in [0.3, 0.4) is 0 Å². The van der Waals surface area contributed by atoms with Gasteiger partial charge in [-0.25, -0.2) is 13.8 Å². The van der Waals surface area contributed by atoms with Gasteiger partial charge in [-0.05, 0) is 24.3 Å². The van der Waals surface area contributed by atoms with Crippen LogP contribution in [0.25, 0.3) is 0 Å². The fourth-order valence-electron chi connectivity index (χ4n) is 1.35. The van der Waals surface area contributed by atoms with E-state index in [1.54, 1.807) is 0 Å². The molecule has 0 saturated heterocycles.